The summed E-state index contributed by atoms with van der Waals surface area (Å²) in [5, 5.41) is 25.7. The van der Waals surface area contributed by atoms with Crippen LogP contribution < -0.4 is 4.90 Å². The lowest BCUT2D eigenvalue weighted by Gasteiger charge is -1.94. The fourth-order valence-corrected chi connectivity index (χ4v) is 1.41. The van der Waals surface area contributed by atoms with E-state index in [0.717, 1.165) is 0 Å². The van der Waals surface area contributed by atoms with Crippen molar-refractivity contribution >= 4 is 16.8 Å². The van der Waals surface area contributed by atoms with Crippen LogP contribution in [0.25, 0.3) is 11.3 Å². The van der Waals surface area contributed by atoms with Gasteiger partial charge in [-0.05, 0) is 4.90 Å². The van der Waals surface area contributed by atoms with Gasteiger partial charge in [-0.3, -0.25) is 4.63 Å². The van der Waals surface area contributed by atoms with Crippen LogP contribution in [0, 0.1) is 5.21 Å². The van der Waals surface area contributed by atoms with Gasteiger partial charge in [0.25, 0.3) is 11.4 Å². The Balaban J connectivity index is 2.59. The van der Waals surface area contributed by atoms with Crippen LogP contribution in [0.1, 0.15) is 5.69 Å². The van der Waals surface area contributed by atoms with Gasteiger partial charge in [0.2, 0.25) is 5.17 Å². The van der Waals surface area contributed by atoms with E-state index in [9.17, 15) is 5.21 Å². The highest BCUT2D eigenvalue weighted by atomic mass is 35.5. The van der Waals surface area contributed by atoms with Crippen LogP contribution in [-0.4, -0.2) is 15.5 Å². The van der Waals surface area contributed by atoms with Gasteiger partial charge >= 0.3 is 0 Å². The van der Waals surface area contributed by atoms with Crippen molar-refractivity contribution in [2.75, 3.05) is 0 Å². The van der Waals surface area contributed by atoms with Gasteiger partial charge in [-0.25, -0.2) is 0 Å². The molecule has 0 saturated heterocycles. The van der Waals surface area contributed by atoms with E-state index in [0.29, 0.717) is 5.56 Å². The summed E-state index contributed by atoms with van der Waals surface area (Å²) in [6.45, 7) is 0. The molecule has 1 N–H and O–H groups in total. The molecule has 0 aliphatic rings. The number of aromatic nitrogens is 2. The molecule has 6 nitrogen and oxygen atoms in total. The third kappa shape index (κ3) is 1.70. The SMILES string of the molecule is [O-][n+]1onc(-c2ccccc2)c1/C(Cl)=N/O. The van der Waals surface area contributed by atoms with Crippen LogP contribution in [0.5, 0.6) is 0 Å². The average molecular weight is 240 g/mol. The molecule has 0 atom stereocenters. The van der Waals surface area contributed by atoms with Gasteiger partial charge in [0.05, 0.1) is 0 Å². The summed E-state index contributed by atoms with van der Waals surface area (Å²) >= 11 is 5.57. The molecule has 2 rings (SSSR count). The summed E-state index contributed by atoms with van der Waals surface area (Å²) in [6, 6.07) is 8.81. The van der Waals surface area contributed by atoms with Crippen LogP contribution in [0.2, 0.25) is 0 Å². The Labute approximate surface area is 94.9 Å². The molecule has 0 amide bonds. The molecule has 0 aliphatic carbocycles. The maximum absolute atomic E-state index is 11.2. The number of rotatable bonds is 2. The van der Waals surface area contributed by atoms with E-state index >= 15 is 0 Å². The summed E-state index contributed by atoms with van der Waals surface area (Å²) in [6.07, 6.45) is 0. The zero-order valence-electron chi connectivity index (χ0n) is 7.87. The average Bonchev–Trinajstić information content (AvgIpc) is 2.71. The number of halogens is 1. The minimum Gasteiger partial charge on any atom is -0.410 e. The Hall–Kier alpha value is -2.08. The second-order valence-corrected chi connectivity index (χ2v) is 3.24. The number of oxime groups is 1. The summed E-state index contributed by atoms with van der Waals surface area (Å²) in [4.78, 5) is 0.0877. The fraction of sp³-hybridized carbons (Fsp3) is 0. The number of hydrogen-bond acceptors (Lipinski definition) is 5. The molecule has 0 radical (unpaired) electrons. The van der Waals surface area contributed by atoms with Crippen molar-refractivity contribution in [3.05, 3.63) is 41.2 Å². The molecule has 0 spiro atoms. The van der Waals surface area contributed by atoms with Crippen molar-refractivity contribution < 1.29 is 14.7 Å². The molecule has 7 heteroatoms. The van der Waals surface area contributed by atoms with Gasteiger partial charge in [-0.2, -0.15) is 0 Å². The molecule has 0 saturated carbocycles. The number of hydrogen-bond donors (Lipinski definition) is 1. The maximum Gasteiger partial charge on any atom is 0.267 e. The molecule has 2 aromatic rings. The topological polar surface area (TPSA) is 85.6 Å². The molecule has 82 valence electrons. The molecule has 1 aromatic carbocycles. The third-order valence-electron chi connectivity index (χ3n) is 1.94. The first-order valence-electron chi connectivity index (χ1n) is 4.27. The highest BCUT2D eigenvalue weighted by Crippen LogP contribution is 2.20. The first-order valence-corrected chi connectivity index (χ1v) is 4.65. The van der Waals surface area contributed by atoms with E-state index in [1.54, 1.807) is 24.3 Å². The van der Waals surface area contributed by atoms with E-state index in [1.807, 2.05) is 6.07 Å². The normalized spacial score (nSPS) is 11.7. The van der Waals surface area contributed by atoms with Crippen molar-refractivity contribution in [1.29, 1.82) is 0 Å². The highest BCUT2D eigenvalue weighted by molar-refractivity contribution is 6.69. The summed E-state index contributed by atoms with van der Waals surface area (Å²) in [5.41, 5.74) is 0.728. The number of benzene rings is 1. The van der Waals surface area contributed by atoms with Crippen molar-refractivity contribution in [1.82, 2.24) is 5.16 Å². The van der Waals surface area contributed by atoms with Gasteiger partial charge in [0.1, 0.15) is 0 Å². The molecule has 1 aromatic heterocycles. The van der Waals surface area contributed by atoms with Crippen molar-refractivity contribution in [3.8, 4) is 11.3 Å². The zero-order valence-corrected chi connectivity index (χ0v) is 8.63. The van der Waals surface area contributed by atoms with Crippen molar-refractivity contribution in [2.24, 2.45) is 5.16 Å². The highest BCUT2D eigenvalue weighted by Gasteiger charge is 2.25. The van der Waals surface area contributed by atoms with E-state index in [-0.39, 0.29) is 21.5 Å². The van der Waals surface area contributed by atoms with Gasteiger partial charge in [-0.1, -0.05) is 47.1 Å². The van der Waals surface area contributed by atoms with Crippen molar-refractivity contribution in [2.45, 2.75) is 0 Å². The van der Waals surface area contributed by atoms with Gasteiger partial charge in [0, 0.05) is 10.7 Å². The van der Waals surface area contributed by atoms with E-state index in [2.05, 4.69) is 14.9 Å². The van der Waals surface area contributed by atoms with Crippen LogP contribution >= 0.6 is 11.6 Å². The largest absolute Gasteiger partial charge is 0.410 e. The smallest absolute Gasteiger partial charge is 0.267 e. The minimum absolute atomic E-state index is 0.0877. The molecule has 0 aliphatic heterocycles. The fourth-order valence-electron chi connectivity index (χ4n) is 1.25. The lowest BCUT2D eigenvalue weighted by Crippen LogP contribution is -2.30. The Morgan fingerprint density at radius 2 is 2.12 bits per heavy atom. The first-order chi connectivity index (χ1) is 7.74. The van der Waals surface area contributed by atoms with Gasteiger partial charge in [0.15, 0.2) is 0 Å². The first kappa shape index (κ1) is 10.4. The molecule has 0 fully saturated rings. The maximum atomic E-state index is 11.2. The monoisotopic (exact) mass is 239 g/mol. The van der Waals surface area contributed by atoms with Crippen LogP contribution in [-0.2, 0) is 0 Å². The van der Waals surface area contributed by atoms with E-state index in [4.69, 9.17) is 16.8 Å². The molecular weight excluding hydrogens is 234 g/mol. The number of nitrogens with zero attached hydrogens (tertiary/aromatic N) is 3. The quantitative estimate of drug-likeness (QED) is 0.371. The van der Waals surface area contributed by atoms with Crippen LogP contribution in [0.3, 0.4) is 0 Å². The lowest BCUT2D eigenvalue weighted by atomic mass is 10.1. The molecule has 0 unspecified atom stereocenters. The predicted molar refractivity (Wildman–Crippen MR) is 55.1 cm³/mol. The Bertz CT molecular complexity index is 524. The Morgan fingerprint density at radius 3 is 2.75 bits per heavy atom. The summed E-state index contributed by atoms with van der Waals surface area (Å²) in [7, 11) is 0. The minimum atomic E-state index is -0.380. The standard InChI is InChI=1S/C9H6ClN3O3/c10-9(11-14)8-7(12-16-13(8)15)6-4-2-1-3-5-6/h1-5,14H/b11-9-. The van der Waals surface area contributed by atoms with Crippen LogP contribution in [0.15, 0.2) is 40.1 Å². The lowest BCUT2D eigenvalue weighted by molar-refractivity contribution is -0.803. The van der Waals surface area contributed by atoms with E-state index < -0.39 is 0 Å². The van der Waals surface area contributed by atoms with Crippen molar-refractivity contribution in [3.63, 3.8) is 0 Å². The van der Waals surface area contributed by atoms with Gasteiger partial charge < -0.3 is 10.4 Å². The summed E-state index contributed by atoms with van der Waals surface area (Å²) in [5.74, 6) is 0. The molecule has 0 bridgehead atoms. The molecule has 16 heavy (non-hydrogen) atoms. The second kappa shape index (κ2) is 4.19. The van der Waals surface area contributed by atoms with Crippen LogP contribution in [0.4, 0.5) is 0 Å². The zero-order chi connectivity index (χ0) is 11.5. The van der Waals surface area contributed by atoms with Gasteiger partial charge in [-0.15, -0.1) is 0 Å². The summed E-state index contributed by atoms with van der Waals surface area (Å²) < 4.78 is 4.41. The molecule has 1 heterocycles. The molecular formula is C9H6ClN3O3. The Morgan fingerprint density at radius 1 is 1.44 bits per heavy atom. The second-order valence-electron chi connectivity index (χ2n) is 2.88. The predicted octanol–water partition coefficient (Wildman–Crippen LogP) is 1.35. The van der Waals surface area contributed by atoms with E-state index in [1.165, 1.54) is 0 Å². The third-order valence-corrected chi connectivity index (χ3v) is 2.20. The Kier molecular flexibility index (Phi) is 2.74.